The van der Waals surface area contributed by atoms with Gasteiger partial charge < -0.3 is 0 Å². The molecule has 0 bridgehead atoms. The molecule has 2 fully saturated rings. The summed E-state index contributed by atoms with van der Waals surface area (Å²) in [6.07, 6.45) is 12.4. The molecule has 2 nitrogen and oxygen atoms in total. The van der Waals surface area contributed by atoms with Crippen LogP contribution in [0.1, 0.15) is 72.1 Å². The van der Waals surface area contributed by atoms with E-state index in [0.29, 0.717) is 36.2 Å². The first-order chi connectivity index (χ1) is 11.4. The summed E-state index contributed by atoms with van der Waals surface area (Å²) < 4.78 is 0. The van der Waals surface area contributed by atoms with Crippen molar-refractivity contribution in [1.82, 2.24) is 0 Å². The fraction of sp³-hybridized carbons (Fsp3) is 0.727. The number of carbonyl (C=O) groups excluding carboxylic acids is 2. The van der Waals surface area contributed by atoms with Gasteiger partial charge >= 0.3 is 0 Å². The van der Waals surface area contributed by atoms with Crippen molar-refractivity contribution in [3.63, 3.8) is 0 Å². The Morgan fingerprint density at radius 2 is 2.00 bits per heavy atom. The van der Waals surface area contributed by atoms with Crippen LogP contribution in [0.2, 0.25) is 0 Å². The standard InChI is InChI=1S/C22H30O2/c1-4-20(24)19-8-7-17-16-6-5-14-13-15(23)9-11-21(14,2)18(16)10-12-22(17,19)3/h10,13,16-17,19H,4-9,11-12H2,1-3H3/t16?,17?,19-,21+,22+/m1/s1. The molecule has 0 N–H and O–H groups in total. The molecule has 2 unspecified atom stereocenters. The number of fused-ring (bicyclic) bond motifs is 5. The Labute approximate surface area is 145 Å². The van der Waals surface area contributed by atoms with Crippen molar-refractivity contribution in [2.75, 3.05) is 0 Å². The minimum Gasteiger partial charge on any atom is -0.299 e. The summed E-state index contributed by atoms with van der Waals surface area (Å²) in [5, 5.41) is 0. The first-order valence-electron chi connectivity index (χ1n) is 9.87. The van der Waals surface area contributed by atoms with Crippen molar-refractivity contribution in [2.24, 2.45) is 28.6 Å². The van der Waals surface area contributed by atoms with Crippen LogP contribution in [0.4, 0.5) is 0 Å². The molecule has 2 saturated carbocycles. The molecule has 5 atom stereocenters. The number of allylic oxidation sites excluding steroid dienone is 4. The van der Waals surface area contributed by atoms with Gasteiger partial charge in [-0.3, -0.25) is 9.59 Å². The van der Waals surface area contributed by atoms with Gasteiger partial charge in [-0.25, -0.2) is 0 Å². The molecular weight excluding hydrogens is 296 g/mol. The average Bonchev–Trinajstić information content (AvgIpc) is 2.92. The maximum absolute atomic E-state index is 12.5. The lowest BCUT2D eigenvalue weighted by Crippen LogP contribution is -2.45. The molecule has 4 aliphatic carbocycles. The highest BCUT2D eigenvalue weighted by Crippen LogP contribution is 2.64. The highest BCUT2D eigenvalue weighted by molar-refractivity contribution is 5.92. The van der Waals surface area contributed by atoms with Crippen LogP contribution in [0.15, 0.2) is 23.3 Å². The normalized spacial score (nSPS) is 44.1. The molecule has 0 spiro atoms. The van der Waals surface area contributed by atoms with Gasteiger partial charge in [-0.1, -0.05) is 38.0 Å². The van der Waals surface area contributed by atoms with Crippen LogP contribution >= 0.6 is 0 Å². The minimum atomic E-state index is 0.116. The van der Waals surface area contributed by atoms with Gasteiger partial charge in [0.1, 0.15) is 5.78 Å². The summed E-state index contributed by atoms with van der Waals surface area (Å²) in [5.41, 5.74) is 3.28. The predicted octanol–water partition coefficient (Wildman–Crippen LogP) is 5.03. The second-order valence-corrected chi connectivity index (χ2v) is 9.04. The second kappa shape index (κ2) is 5.41. The molecule has 0 aliphatic heterocycles. The van der Waals surface area contributed by atoms with Gasteiger partial charge in [-0.15, -0.1) is 0 Å². The summed E-state index contributed by atoms with van der Waals surface area (Å²) >= 11 is 0. The smallest absolute Gasteiger partial charge is 0.155 e. The maximum Gasteiger partial charge on any atom is 0.155 e. The molecule has 0 aromatic rings. The van der Waals surface area contributed by atoms with Crippen LogP contribution in [0.25, 0.3) is 0 Å². The van der Waals surface area contributed by atoms with Gasteiger partial charge in [0, 0.05) is 24.2 Å². The molecular formula is C22H30O2. The SMILES string of the molecule is CCC(=O)[C@H]1CCC2C3CCC4=CC(=O)CC[C@]4(C)C3=CC[C@@]21C. The first kappa shape index (κ1) is 16.3. The molecule has 2 heteroatoms. The van der Waals surface area contributed by atoms with E-state index in [4.69, 9.17) is 0 Å². The summed E-state index contributed by atoms with van der Waals surface area (Å²) in [4.78, 5) is 24.4. The summed E-state index contributed by atoms with van der Waals surface area (Å²) in [6, 6.07) is 0. The predicted molar refractivity (Wildman–Crippen MR) is 95.5 cm³/mol. The zero-order valence-corrected chi connectivity index (χ0v) is 15.4. The third-order valence-corrected chi connectivity index (χ3v) is 8.07. The summed E-state index contributed by atoms with van der Waals surface area (Å²) in [5.74, 6) is 2.35. The zero-order chi connectivity index (χ0) is 17.1. The first-order valence-corrected chi connectivity index (χ1v) is 9.87. The quantitative estimate of drug-likeness (QED) is 0.667. The Kier molecular flexibility index (Phi) is 3.67. The third-order valence-electron chi connectivity index (χ3n) is 8.07. The molecule has 0 aromatic heterocycles. The van der Waals surface area contributed by atoms with E-state index < -0.39 is 0 Å². The molecule has 0 heterocycles. The molecule has 4 rings (SSSR count). The van der Waals surface area contributed by atoms with Crippen LogP contribution in [0.5, 0.6) is 0 Å². The lowest BCUT2D eigenvalue weighted by atomic mass is 9.51. The summed E-state index contributed by atoms with van der Waals surface area (Å²) in [6.45, 7) is 6.77. The molecule has 0 amide bonds. The number of rotatable bonds is 2. The van der Waals surface area contributed by atoms with Crippen LogP contribution in [0, 0.1) is 28.6 Å². The van der Waals surface area contributed by atoms with E-state index in [1.807, 2.05) is 13.0 Å². The van der Waals surface area contributed by atoms with Crippen molar-refractivity contribution in [3.8, 4) is 0 Å². The van der Waals surface area contributed by atoms with E-state index in [-0.39, 0.29) is 16.7 Å². The van der Waals surface area contributed by atoms with Gasteiger partial charge in [0.15, 0.2) is 5.78 Å². The maximum atomic E-state index is 12.5. The monoisotopic (exact) mass is 326 g/mol. The van der Waals surface area contributed by atoms with Gasteiger partial charge in [0.25, 0.3) is 0 Å². The van der Waals surface area contributed by atoms with Crippen molar-refractivity contribution in [3.05, 3.63) is 23.3 Å². The topological polar surface area (TPSA) is 34.1 Å². The van der Waals surface area contributed by atoms with Crippen molar-refractivity contribution in [2.45, 2.75) is 72.1 Å². The van der Waals surface area contributed by atoms with E-state index in [2.05, 4.69) is 19.9 Å². The largest absolute Gasteiger partial charge is 0.299 e. The van der Waals surface area contributed by atoms with E-state index >= 15 is 0 Å². The molecule has 24 heavy (non-hydrogen) atoms. The zero-order valence-electron chi connectivity index (χ0n) is 15.4. The summed E-state index contributed by atoms with van der Waals surface area (Å²) in [7, 11) is 0. The van der Waals surface area contributed by atoms with E-state index in [1.54, 1.807) is 5.57 Å². The van der Waals surface area contributed by atoms with Gasteiger partial charge in [0.2, 0.25) is 0 Å². The van der Waals surface area contributed by atoms with Gasteiger partial charge in [-0.2, -0.15) is 0 Å². The van der Waals surface area contributed by atoms with E-state index in [9.17, 15) is 9.59 Å². The number of ketones is 2. The van der Waals surface area contributed by atoms with Crippen molar-refractivity contribution < 1.29 is 9.59 Å². The van der Waals surface area contributed by atoms with Crippen molar-refractivity contribution >= 4 is 11.6 Å². The van der Waals surface area contributed by atoms with E-state index in [0.717, 1.165) is 25.7 Å². The molecule has 0 aromatic carbocycles. The molecule has 4 aliphatic rings. The molecule has 0 radical (unpaired) electrons. The highest BCUT2D eigenvalue weighted by atomic mass is 16.1. The number of carbonyl (C=O) groups is 2. The Hall–Kier alpha value is -1.18. The third kappa shape index (κ3) is 2.07. The Morgan fingerprint density at radius 3 is 2.75 bits per heavy atom. The van der Waals surface area contributed by atoms with E-state index in [1.165, 1.54) is 18.4 Å². The lowest BCUT2D eigenvalue weighted by Gasteiger charge is -2.53. The second-order valence-electron chi connectivity index (χ2n) is 9.04. The van der Waals surface area contributed by atoms with Crippen LogP contribution in [-0.2, 0) is 9.59 Å². The van der Waals surface area contributed by atoms with Gasteiger partial charge in [0.05, 0.1) is 0 Å². The van der Waals surface area contributed by atoms with Crippen LogP contribution in [-0.4, -0.2) is 11.6 Å². The van der Waals surface area contributed by atoms with Crippen LogP contribution in [0.3, 0.4) is 0 Å². The average molecular weight is 326 g/mol. The Morgan fingerprint density at radius 1 is 1.21 bits per heavy atom. The van der Waals surface area contributed by atoms with Gasteiger partial charge in [-0.05, 0) is 61.9 Å². The highest BCUT2D eigenvalue weighted by Gasteiger charge is 2.56. The number of hydrogen-bond donors (Lipinski definition) is 0. The fourth-order valence-corrected chi connectivity index (χ4v) is 6.63. The lowest BCUT2D eigenvalue weighted by molar-refractivity contribution is -0.126. The fourth-order valence-electron chi connectivity index (χ4n) is 6.63. The molecule has 0 saturated heterocycles. The number of Topliss-reactive ketones (excluding diaryl/α,β-unsaturated/α-hetero) is 1. The van der Waals surface area contributed by atoms with Crippen molar-refractivity contribution in [1.29, 1.82) is 0 Å². The molecule has 130 valence electrons. The number of hydrogen-bond acceptors (Lipinski definition) is 2. The Bertz CT molecular complexity index is 655. The minimum absolute atomic E-state index is 0.116. The Balaban J connectivity index is 1.72. The van der Waals surface area contributed by atoms with Crippen LogP contribution < -0.4 is 0 Å².